The van der Waals surface area contributed by atoms with E-state index in [1.165, 1.54) is 45.2 Å². The van der Waals surface area contributed by atoms with Gasteiger partial charge in [-0.05, 0) is 32.4 Å². The van der Waals surface area contributed by atoms with Crippen molar-refractivity contribution in [2.24, 2.45) is 11.1 Å². The zero-order valence-electron chi connectivity index (χ0n) is 10.4. The Labute approximate surface area is 99.3 Å². The predicted octanol–water partition coefficient (Wildman–Crippen LogP) is 1.62. The standard InChI is InChI=1S/C13H26N2O/c14-10-13(6-9-16-12-13)11-15-7-4-2-1-3-5-8-15/h1-12,14H2. The van der Waals surface area contributed by atoms with Gasteiger partial charge in [0.1, 0.15) is 0 Å². The molecule has 0 amide bonds. The maximum atomic E-state index is 5.95. The van der Waals surface area contributed by atoms with Gasteiger partial charge >= 0.3 is 0 Å². The molecule has 16 heavy (non-hydrogen) atoms. The molecule has 3 heteroatoms. The Morgan fingerprint density at radius 3 is 2.31 bits per heavy atom. The fraction of sp³-hybridized carbons (Fsp3) is 1.00. The lowest BCUT2D eigenvalue weighted by molar-refractivity contribution is 0.110. The molecule has 0 bridgehead atoms. The second-order valence-electron chi connectivity index (χ2n) is 5.55. The summed E-state index contributed by atoms with van der Waals surface area (Å²) in [5, 5.41) is 0. The minimum Gasteiger partial charge on any atom is -0.381 e. The van der Waals surface area contributed by atoms with Crippen LogP contribution in [-0.2, 0) is 4.74 Å². The summed E-state index contributed by atoms with van der Waals surface area (Å²) < 4.78 is 5.54. The van der Waals surface area contributed by atoms with Gasteiger partial charge in [0.15, 0.2) is 0 Å². The molecule has 94 valence electrons. The van der Waals surface area contributed by atoms with Crippen LogP contribution in [0.3, 0.4) is 0 Å². The van der Waals surface area contributed by atoms with E-state index in [4.69, 9.17) is 10.5 Å². The molecule has 0 aliphatic carbocycles. The summed E-state index contributed by atoms with van der Waals surface area (Å²) >= 11 is 0. The second-order valence-corrected chi connectivity index (χ2v) is 5.55. The van der Waals surface area contributed by atoms with Crippen molar-refractivity contribution in [2.45, 2.75) is 38.5 Å². The van der Waals surface area contributed by atoms with Crippen LogP contribution in [0.5, 0.6) is 0 Å². The molecule has 1 unspecified atom stereocenters. The fourth-order valence-electron chi connectivity index (χ4n) is 2.95. The first-order valence-corrected chi connectivity index (χ1v) is 6.85. The zero-order valence-corrected chi connectivity index (χ0v) is 10.4. The molecule has 2 saturated heterocycles. The molecular formula is C13H26N2O. The number of hydrogen-bond donors (Lipinski definition) is 1. The van der Waals surface area contributed by atoms with Crippen molar-refractivity contribution < 1.29 is 4.74 Å². The number of nitrogens with two attached hydrogens (primary N) is 1. The van der Waals surface area contributed by atoms with Crippen molar-refractivity contribution >= 4 is 0 Å². The van der Waals surface area contributed by atoms with Crippen molar-refractivity contribution in [3.05, 3.63) is 0 Å². The highest BCUT2D eigenvalue weighted by atomic mass is 16.5. The summed E-state index contributed by atoms with van der Waals surface area (Å²) in [6.07, 6.45) is 8.12. The van der Waals surface area contributed by atoms with Crippen LogP contribution in [0.25, 0.3) is 0 Å². The second kappa shape index (κ2) is 5.99. The molecule has 3 nitrogen and oxygen atoms in total. The van der Waals surface area contributed by atoms with Gasteiger partial charge in [0, 0.05) is 25.1 Å². The zero-order chi connectivity index (χ0) is 11.3. The van der Waals surface area contributed by atoms with Gasteiger partial charge in [-0.2, -0.15) is 0 Å². The van der Waals surface area contributed by atoms with E-state index >= 15 is 0 Å². The van der Waals surface area contributed by atoms with Crippen molar-refractivity contribution in [1.82, 2.24) is 4.90 Å². The average molecular weight is 226 g/mol. The molecule has 0 aromatic heterocycles. The number of rotatable bonds is 3. The molecule has 2 heterocycles. The summed E-state index contributed by atoms with van der Waals surface area (Å²) in [4.78, 5) is 2.63. The van der Waals surface area contributed by atoms with Crippen LogP contribution < -0.4 is 5.73 Å². The third kappa shape index (κ3) is 3.19. The number of hydrogen-bond acceptors (Lipinski definition) is 3. The third-order valence-electron chi connectivity index (χ3n) is 4.13. The first kappa shape index (κ1) is 12.3. The van der Waals surface area contributed by atoms with Crippen LogP contribution in [0.4, 0.5) is 0 Å². The maximum Gasteiger partial charge on any atom is 0.0547 e. The Bertz CT molecular complexity index is 194. The van der Waals surface area contributed by atoms with Gasteiger partial charge in [-0.1, -0.05) is 19.3 Å². The van der Waals surface area contributed by atoms with E-state index in [0.717, 1.165) is 32.7 Å². The number of ether oxygens (including phenoxy) is 1. The number of nitrogens with zero attached hydrogens (tertiary/aromatic N) is 1. The number of likely N-dealkylation sites (tertiary alicyclic amines) is 1. The smallest absolute Gasteiger partial charge is 0.0547 e. The van der Waals surface area contributed by atoms with Crippen molar-refractivity contribution in [1.29, 1.82) is 0 Å². The first-order valence-electron chi connectivity index (χ1n) is 6.85. The van der Waals surface area contributed by atoms with Crippen LogP contribution in [0.1, 0.15) is 38.5 Å². The molecule has 0 radical (unpaired) electrons. The molecule has 2 N–H and O–H groups in total. The Kier molecular flexibility index (Phi) is 4.62. The van der Waals surface area contributed by atoms with Gasteiger partial charge in [-0.3, -0.25) is 0 Å². The summed E-state index contributed by atoms with van der Waals surface area (Å²) in [5.41, 5.74) is 6.21. The highest BCUT2D eigenvalue weighted by molar-refractivity contribution is 4.87. The van der Waals surface area contributed by atoms with Crippen molar-refractivity contribution in [2.75, 3.05) is 39.4 Å². The van der Waals surface area contributed by atoms with Gasteiger partial charge in [-0.25, -0.2) is 0 Å². The summed E-state index contributed by atoms with van der Waals surface area (Å²) in [6, 6.07) is 0. The minimum absolute atomic E-state index is 0.263. The molecule has 0 aromatic carbocycles. The topological polar surface area (TPSA) is 38.5 Å². The molecule has 1 atom stereocenters. The molecule has 2 aliphatic rings. The van der Waals surface area contributed by atoms with Crippen LogP contribution in [0.15, 0.2) is 0 Å². The van der Waals surface area contributed by atoms with Crippen LogP contribution in [0.2, 0.25) is 0 Å². The van der Waals surface area contributed by atoms with Crippen molar-refractivity contribution in [3.8, 4) is 0 Å². The lowest BCUT2D eigenvalue weighted by Crippen LogP contribution is -2.44. The van der Waals surface area contributed by atoms with E-state index in [1.807, 2.05) is 0 Å². The fourth-order valence-corrected chi connectivity index (χ4v) is 2.95. The Morgan fingerprint density at radius 1 is 1.06 bits per heavy atom. The van der Waals surface area contributed by atoms with E-state index in [0.29, 0.717) is 0 Å². The minimum atomic E-state index is 0.263. The van der Waals surface area contributed by atoms with E-state index < -0.39 is 0 Å². The molecule has 2 rings (SSSR count). The van der Waals surface area contributed by atoms with Crippen molar-refractivity contribution in [3.63, 3.8) is 0 Å². The Morgan fingerprint density at radius 2 is 1.75 bits per heavy atom. The lowest BCUT2D eigenvalue weighted by Gasteiger charge is -2.34. The summed E-state index contributed by atoms with van der Waals surface area (Å²) in [5.74, 6) is 0. The summed E-state index contributed by atoms with van der Waals surface area (Å²) in [6.45, 7) is 6.25. The average Bonchev–Trinajstić information content (AvgIpc) is 2.71. The monoisotopic (exact) mass is 226 g/mol. The quantitative estimate of drug-likeness (QED) is 0.794. The van der Waals surface area contributed by atoms with Crippen LogP contribution >= 0.6 is 0 Å². The van der Waals surface area contributed by atoms with E-state index in [-0.39, 0.29) is 5.41 Å². The molecule has 2 aliphatic heterocycles. The van der Waals surface area contributed by atoms with Crippen LogP contribution in [0, 0.1) is 5.41 Å². The van der Waals surface area contributed by atoms with Gasteiger partial charge < -0.3 is 15.4 Å². The predicted molar refractivity (Wildman–Crippen MR) is 66.4 cm³/mol. The molecule has 0 saturated carbocycles. The van der Waals surface area contributed by atoms with Crippen LogP contribution in [-0.4, -0.2) is 44.3 Å². The normalized spacial score (nSPS) is 33.6. The van der Waals surface area contributed by atoms with Gasteiger partial charge in [0.05, 0.1) is 6.61 Å². The third-order valence-corrected chi connectivity index (χ3v) is 4.13. The van der Waals surface area contributed by atoms with Gasteiger partial charge in [0.2, 0.25) is 0 Å². The molecule has 2 fully saturated rings. The molecule has 0 aromatic rings. The Balaban J connectivity index is 1.85. The van der Waals surface area contributed by atoms with E-state index in [1.54, 1.807) is 0 Å². The SMILES string of the molecule is NCC1(CN2CCCCCCC2)CCOC1. The lowest BCUT2D eigenvalue weighted by atomic mass is 9.86. The highest BCUT2D eigenvalue weighted by Gasteiger charge is 2.35. The largest absolute Gasteiger partial charge is 0.381 e. The van der Waals surface area contributed by atoms with E-state index in [2.05, 4.69) is 4.90 Å². The molecular weight excluding hydrogens is 200 g/mol. The Hall–Kier alpha value is -0.120. The molecule has 0 spiro atoms. The summed E-state index contributed by atoms with van der Waals surface area (Å²) in [7, 11) is 0. The van der Waals surface area contributed by atoms with Gasteiger partial charge in [0.25, 0.3) is 0 Å². The van der Waals surface area contributed by atoms with Gasteiger partial charge in [-0.15, -0.1) is 0 Å². The first-order chi connectivity index (χ1) is 7.85. The maximum absolute atomic E-state index is 5.95. The van der Waals surface area contributed by atoms with E-state index in [9.17, 15) is 0 Å². The highest BCUT2D eigenvalue weighted by Crippen LogP contribution is 2.29.